The van der Waals surface area contributed by atoms with Gasteiger partial charge in [0.1, 0.15) is 11.5 Å². The summed E-state index contributed by atoms with van der Waals surface area (Å²) in [5, 5.41) is 28.8. The van der Waals surface area contributed by atoms with Crippen molar-refractivity contribution in [2.24, 2.45) is 0 Å². The molecule has 6 heteroatoms. The minimum atomic E-state index is -0.301. The molecule has 1 aliphatic heterocycles. The number of nitrogens with zero attached hydrogens (tertiary/aromatic N) is 1. The van der Waals surface area contributed by atoms with Gasteiger partial charge in [-0.1, -0.05) is 11.6 Å². The summed E-state index contributed by atoms with van der Waals surface area (Å²) < 4.78 is 0. The lowest BCUT2D eigenvalue weighted by Gasteiger charge is -2.36. The first-order valence-corrected chi connectivity index (χ1v) is 7.48. The van der Waals surface area contributed by atoms with Crippen molar-refractivity contribution >= 4 is 17.5 Å². The van der Waals surface area contributed by atoms with E-state index in [0.29, 0.717) is 18.5 Å². The number of amides is 1. The lowest BCUT2D eigenvalue weighted by Crippen LogP contribution is -2.44. The maximum absolute atomic E-state index is 12.7. The largest absolute Gasteiger partial charge is 0.507 e. The molecule has 2 rings (SSSR count). The van der Waals surface area contributed by atoms with Crippen molar-refractivity contribution in [1.82, 2.24) is 4.90 Å². The molecule has 1 amide bonds. The molecule has 0 saturated carbocycles. The maximum Gasteiger partial charge on any atom is 0.258 e. The van der Waals surface area contributed by atoms with Crippen LogP contribution in [0.15, 0.2) is 6.07 Å². The molecule has 1 saturated heterocycles. The number of aliphatic hydroxyl groups excluding tert-OH is 1. The molecular formula is C15H20ClNO4. The summed E-state index contributed by atoms with van der Waals surface area (Å²) in [5.41, 5.74) is 0.495. The van der Waals surface area contributed by atoms with Crippen molar-refractivity contribution in [3.8, 4) is 11.5 Å². The highest BCUT2D eigenvalue weighted by molar-refractivity contribution is 6.33. The Balaban J connectivity index is 2.37. The van der Waals surface area contributed by atoms with E-state index in [1.807, 2.05) is 0 Å². The number of piperidine rings is 1. The van der Waals surface area contributed by atoms with Crippen LogP contribution in [0.2, 0.25) is 5.02 Å². The van der Waals surface area contributed by atoms with Gasteiger partial charge in [-0.25, -0.2) is 0 Å². The quantitative estimate of drug-likeness (QED) is 0.800. The third-order valence-electron chi connectivity index (χ3n) is 4.02. The SMILES string of the molecule is Cc1c(Cl)c(O)cc(O)c1C(=O)N1CCCCC1CCO. The molecule has 1 unspecified atom stereocenters. The summed E-state index contributed by atoms with van der Waals surface area (Å²) in [4.78, 5) is 14.4. The van der Waals surface area contributed by atoms with Crippen LogP contribution in [0.3, 0.4) is 0 Å². The van der Waals surface area contributed by atoms with Crippen LogP contribution >= 0.6 is 11.6 Å². The van der Waals surface area contributed by atoms with Crippen molar-refractivity contribution in [2.45, 2.75) is 38.6 Å². The van der Waals surface area contributed by atoms with Crippen molar-refractivity contribution < 1.29 is 20.1 Å². The number of benzene rings is 1. The lowest BCUT2D eigenvalue weighted by atomic mass is 9.97. The molecule has 116 valence electrons. The van der Waals surface area contributed by atoms with Gasteiger partial charge in [0.2, 0.25) is 0 Å². The third kappa shape index (κ3) is 3.09. The fourth-order valence-electron chi connectivity index (χ4n) is 2.89. The maximum atomic E-state index is 12.7. The summed E-state index contributed by atoms with van der Waals surface area (Å²) in [6, 6.07) is 1.07. The Hall–Kier alpha value is -1.46. The summed E-state index contributed by atoms with van der Waals surface area (Å²) in [7, 11) is 0. The summed E-state index contributed by atoms with van der Waals surface area (Å²) in [6.07, 6.45) is 3.30. The minimum absolute atomic E-state index is 0.0236. The summed E-state index contributed by atoms with van der Waals surface area (Å²) >= 11 is 5.96. The summed E-state index contributed by atoms with van der Waals surface area (Å²) in [6.45, 7) is 2.22. The van der Waals surface area contributed by atoms with Crippen LogP contribution in [-0.2, 0) is 0 Å². The number of phenolic OH excluding ortho intramolecular Hbond substituents is 2. The highest BCUT2D eigenvalue weighted by atomic mass is 35.5. The average Bonchev–Trinajstić information content (AvgIpc) is 2.45. The van der Waals surface area contributed by atoms with E-state index >= 15 is 0 Å². The van der Waals surface area contributed by atoms with E-state index in [-0.39, 0.29) is 40.6 Å². The number of aliphatic hydroxyl groups is 1. The molecule has 3 N–H and O–H groups in total. The van der Waals surface area contributed by atoms with Crippen LogP contribution in [0.4, 0.5) is 0 Å². The molecule has 0 spiro atoms. The standard InChI is InChI=1S/C15H20ClNO4/c1-9-13(11(19)8-12(20)14(9)16)15(21)17-6-3-2-4-10(17)5-7-18/h8,10,18-20H,2-7H2,1H3. The van der Waals surface area contributed by atoms with Crippen molar-refractivity contribution in [2.75, 3.05) is 13.2 Å². The Bertz CT molecular complexity index is 545. The Morgan fingerprint density at radius 1 is 1.38 bits per heavy atom. The predicted molar refractivity (Wildman–Crippen MR) is 79.9 cm³/mol. The smallest absolute Gasteiger partial charge is 0.258 e. The molecule has 0 aromatic heterocycles. The zero-order valence-corrected chi connectivity index (χ0v) is 12.7. The number of hydrogen-bond acceptors (Lipinski definition) is 4. The van der Waals surface area contributed by atoms with Gasteiger partial charge in [-0.05, 0) is 38.2 Å². The number of hydrogen-bond donors (Lipinski definition) is 3. The van der Waals surface area contributed by atoms with Crippen molar-refractivity contribution in [3.05, 3.63) is 22.2 Å². The van der Waals surface area contributed by atoms with Gasteiger partial charge in [0.15, 0.2) is 0 Å². The van der Waals surface area contributed by atoms with Crippen LogP contribution in [0.25, 0.3) is 0 Å². The monoisotopic (exact) mass is 313 g/mol. The average molecular weight is 314 g/mol. The van der Waals surface area contributed by atoms with Crippen LogP contribution in [0.5, 0.6) is 11.5 Å². The predicted octanol–water partition coefficient (Wildman–Crippen LogP) is 2.44. The van der Waals surface area contributed by atoms with Crippen LogP contribution in [-0.4, -0.2) is 45.3 Å². The van der Waals surface area contributed by atoms with Gasteiger partial charge in [0.25, 0.3) is 5.91 Å². The van der Waals surface area contributed by atoms with Crippen LogP contribution < -0.4 is 0 Å². The van der Waals surface area contributed by atoms with E-state index < -0.39 is 0 Å². The molecule has 0 radical (unpaired) electrons. The van der Waals surface area contributed by atoms with E-state index in [4.69, 9.17) is 16.7 Å². The van der Waals surface area contributed by atoms with E-state index in [1.165, 1.54) is 0 Å². The number of phenols is 2. The molecule has 1 fully saturated rings. The van der Waals surface area contributed by atoms with E-state index in [9.17, 15) is 15.0 Å². The molecular weight excluding hydrogens is 294 g/mol. The lowest BCUT2D eigenvalue weighted by molar-refractivity contribution is 0.0571. The van der Waals surface area contributed by atoms with Crippen LogP contribution in [0, 0.1) is 6.92 Å². The van der Waals surface area contributed by atoms with Gasteiger partial charge < -0.3 is 20.2 Å². The highest BCUT2D eigenvalue weighted by Crippen LogP contribution is 2.37. The zero-order chi connectivity index (χ0) is 15.6. The number of rotatable bonds is 3. The van der Waals surface area contributed by atoms with Gasteiger partial charge in [-0.2, -0.15) is 0 Å². The van der Waals surface area contributed by atoms with E-state index in [0.717, 1.165) is 25.3 Å². The number of carbonyl (C=O) groups excluding carboxylic acids is 1. The van der Waals surface area contributed by atoms with Crippen molar-refractivity contribution in [1.29, 1.82) is 0 Å². The Kier molecular flexibility index (Phi) is 4.96. The van der Waals surface area contributed by atoms with Crippen molar-refractivity contribution in [3.63, 3.8) is 0 Å². The fourth-order valence-corrected chi connectivity index (χ4v) is 3.04. The normalized spacial score (nSPS) is 18.8. The summed E-state index contributed by atoms with van der Waals surface area (Å²) in [5.74, 6) is -0.813. The van der Waals surface area contributed by atoms with Gasteiger partial charge in [-0.3, -0.25) is 4.79 Å². The van der Waals surface area contributed by atoms with E-state index in [2.05, 4.69) is 0 Å². The molecule has 1 heterocycles. The number of carbonyl (C=O) groups is 1. The first-order chi connectivity index (χ1) is 9.97. The molecule has 21 heavy (non-hydrogen) atoms. The zero-order valence-electron chi connectivity index (χ0n) is 12.0. The highest BCUT2D eigenvalue weighted by Gasteiger charge is 2.30. The first kappa shape index (κ1) is 15.9. The Morgan fingerprint density at radius 3 is 2.76 bits per heavy atom. The van der Waals surface area contributed by atoms with Gasteiger partial charge in [-0.15, -0.1) is 0 Å². The minimum Gasteiger partial charge on any atom is -0.507 e. The molecule has 1 aliphatic rings. The van der Waals surface area contributed by atoms with E-state index in [1.54, 1.807) is 11.8 Å². The molecule has 1 aromatic carbocycles. The molecule has 1 atom stereocenters. The van der Waals surface area contributed by atoms with Crippen LogP contribution in [0.1, 0.15) is 41.6 Å². The number of halogens is 1. The topological polar surface area (TPSA) is 81.0 Å². The second-order valence-electron chi connectivity index (χ2n) is 5.39. The number of likely N-dealkylation sites (tertiary alicyclic amines) is 1. The Labute approximate surface area is 128 Å². The van der Waals surface area contributed by atoms with Gasteiger partial charge in [0, 0.05) is 25.3 Å². The van der Waals surface area contributed by atoms with Gasteiger partial charge in [0.05, 0.1) is 10.6 Å². The Morgan fingerprint density at radius 2 is 2.10 bits per heavy atom. The fraction of sp³-hybridized carbons (Fsp3) is 0.533. The molecule has 1 aromatic rings. The molecule has 0 bridgehead atoms. The van der Waals surface area contributed by atoms with Gasteiger partial charge >= 0.3 is 0 Å². The third-order valence-corrected chi connectivity index (χ3v) is 4.50. The second-order valence-corrected chi connectivity index (χ2v) is 5.77. The molecule has 5 nitrogen and oxygen atoms in total. The number of aromatic hydroxyl groups is 2. The molecule has 0 aliphatic carbocycles. The first-order valence-electron chi connectivity index (χ1n) is 7.10. The second kappa shape index (κ2) is 6.54.